The fraction of sp³-hybridized carbons (Fsp3) is 0.238. The number of methoxy groups -OCH3 is 1. The van der Waals surface area contributed by atoms with E-state index in [-0.39, 0.29) is 13.0 Å². The fourth-order valence-corrected chi connectivity index (χ4v) is 2.94. The van der Waals surface area contributed by atoms with E-state index in [4.69, 9.17) is 9.47 Å². The second-order valence-electron chi connectivity index (χ2n) is 6.38. The van der Waals surface area contributed by atoms with Gasteiger partial charge in [0.15, 0.2) is 6.10 Å². The van der Waals surface area contributed by atoms with Crippen LogP contribution in [-0.4, -0.2) is 48.3 Å². The molecule has 3 amide bonds. The third-order valence-electron chi connectivity index (χ3n) is 4.46. The van der Waals surface area contributed by atoms with Gasteiger partial charge in [-0.1, -0.05) is 24.3 Å². The first kappa shape index (κ1) is 20.1. The molecule has 2 aromatic carbocycles. The van der Waals surface area contributed by atoms with E-state index in [0.717, 1.165) is 4.90 Å². The molecule has 150 valence electrons. The van der Waals surface area contributed by atoms with Crippen LogP contribution in [0.4, 0.5) is 5.69 Å². The summed E-state index contributed by atoms with van der Waals surface area (Å²) in [7, 11) is 1.48. The number of imide groups is 1. The number of anilines is 1. The summed E-state index contributed by atoms with van der Waals surface area (Å²) in [6, 6.07) is 13.3. The molecule has 0 unspecified atom stereocenters. The van der Waals surface area contributed by atoms with E-state index in [1.807, 2.05) is 0 Å². The van der Waals surface area contributed by atoms with Gasteiger partial charge in [0.05, 0.1) is 30.3 Å². The number of hydrogen-bond donors (Lipinski definition) is 1. The highest BCUT2D eigenvalue weighted by Crippen LogP contribution is 2.24. The highest BCUT2D eigenvalue weighted by atomic mass is 16.5. The van der Waals surface area contributed by atoms with Gasteiger partial charge in [-0.15, -0.1) is 0 Å². The number of carbonyl (C=O) groups excluding carboxylic acids is 4. The van der Waals surface area contributed by atoms with E-state index in [0.29, 0.717) is 22.6 Å². The van der Waals surface area contributed by atoms with Gasteiger partial charge in [-0.2, -0.15) is 0 Å². The van der Waals surface area contributed by atoms with E-state index in [1.54, 1.807) is 48.5 Å². The molecule has 8 nitrogen and oxygen atoms in total. The third-order valence-corrected chi connectivity index (χ3v) is 4.46. The molecule has 1 heterocycles. The summed E-state index contributed by atoms with van der Waals surface area (Å²) in [5.41, 5.74) is 1.08. The van der Waals surface area contributed by atoms with Crippen molar-refractivity contribution in [3.05, 3.63) is 59.7 Å². The number of benzene rings is 2. The van der Waals surface area contributed by atoms with Crippen molar-refractivity contribution < 1.29 is 28.7 Å². The number of esters is 1. The van der Waals surface area contributed by atoms with E-state index in [9.17, 15) is 19.2 Å². The Morgan fingerprint density at radius 3 is 2.21 bits per heavy atom. The maximum Gasteiger partial charge on any atom is 0.308 e. The normalized spacial score (nSPS) is 13.7. The molecule has 0 saturated carbocycles. The minimum absolute atomic E-state index is 0.119. The Bertz CT molecular complexity index is 936. The Morgan fingerprint density at radius 1 is 1.00 bits per heavy atom. The van der Waals surface area contributed by atoms with Crippen molar-refractivity contribution >= 4 is 29.4 Å². The lowest BCUT2D eigenvalue weighted by molar-refractivity contribution is -0.153. The smallest absolute Gasteiger partial charge is 0.308 e. The Labute approximate surface area is 167 Å². The summed E-state index contributed by atoms with van der Waals surface area (Å²) in [5.74, 6) is -1.63. The van der Waals surface area contributed by atoms with Crippen molar-refractivity contribution in [2.75, 3.05) is 19.0 Å². The number of amides is 3. The van der Waals surface area contributed by atoms with Crippen molar-refractivity contribution in [1.82, 2.24) is 4.90 Å². The van der Waals surface area contributed by atoms with Gasteiger partial charge in [-0.3, -0.25) is 24.1 Å². The first-order chi connectivity index (χ1) is 13.9. The number of rotatable bonds is 7. The second kappa shape index (κ2) is 8.55. The van der Waals surface area contributed by atoms with Crippen LogP contribution in [0.25, 0.3) is 0 Å². The van der Waals surface area contributed by atoms with E-state index < -0.39 is 29.8 Å². The molecule has 0 saturated heterocycles. The molecular formula is C21H20N2O6. The summed E-state index contributed by atoms with van der Waals surface area (Å²) < 4.78 is 10.3. The van der Waals surface area contributed by atoms with E-state index >= 15 is 0 Å². The van der Waals surface area contributed by atoms with Crippen LogP contribution in [0.5, 0.6) is 5.75 Å². The molecule has 8 heteroatoms. The molecule has 29 heavy (non-hydrogen) atoms. The van der Waals surface area contributed by atoms with Gasteiger partial charge in [-0.25, -0.2) is 0 Å². The largest absolute Gasteiger partial charge is 0.495 e. The lowest BCUT2D eigenvalue weighted by Gasteiger charge is -2.16. The topological polar surface area (TPSA) is 102 Å². The van der Waals surface area contributed by atoms with Crippen molar-refractivity contribution in [3.8, 4) is 5.75 Å². The van der Waals surface area contributed by atoms with Gasteiger partial charge in [-0.05, 0) is 31.2 Å². The van der Waals surface area contributed by atoms with Crippen molar-refractivity contribution in [3.63, 3.8) is 0 Å². The third kappa shape index (κ3) is 4.26. The number of ether oxygens (including phenoxy) is 2. The van der Waals surface area contributed by atoms with Gasteiger partial charge in [0.2, 0.25) is 0 Å². The van der Waals surface area contributed by atoms with Crippen LogP contribution in [0.1, 0.15) is 34.1 Å². The first-order valence-electron chi connectivity index (χ1n) is 9.01. The monoisotopic (exact) mass is 396 g/mol. The van der Waals surface area contributed by atoms with Gasteiger partial charge in [0.1, 0.15) is 5.75 Å². The Morgan fingerprint density at radius 2 is 1.59 bits per heavy atom. The molecule has 0 radical (unpaired) electrons. The standard InChI is InChI=1S/C21H20N2O6/c1-13(19(25)22-16-9-5-6-10-17(16)28-2)29-18(24)11-12-23-20(26)14-7-3-4-8-15(14)21(23)27/h3-10,13H,11-12H2,1-2H3,(H,22,25)/t13-/m0/s1. The number of carbonyl (C=O) groups is 4. The van der Waals surface area contributed by atoms with E-state index in [1.165, 1.54) is 14.0 Å². The fourth-order valence-electron chi connectivity index (χ4n) is 2.94. The average molecular weight is 396 g/mol. The zero-order valence-corrected chi connectivity index (χ0v) is 16.0. The number of fused-ring (bicyclic) bond motifs is 1. The number of para-hydroxylation sites is 2. The molecule has 0 fully saturated rings. The Kier molecular flexibility index (Phi) is 5.92. The van der Waals surface area contributed by atoms with Crippen LogP contribution in [-0.2, 0) is 14.3 Å². The second-order valence-corrected chi connectivity index (χ2v) is 6.38. The molecule has 0 spiro atoms. The van der Waals surface area contributed by atoms with Crippen LogP contribution >= 0.6 is 0 Å². The van der Waals surface area contributed by atoms with E-state index in [2.05, 4.69) is 5.32 Å². The maximum atomic E-state index is 12.3. The van der Waals surface area contributed by atoms with Crippen LogP contribution in [0.2, 0.25) is 0 Å². The summed E-state index contributed by atoms with van der Waals surface area (Å²) in [5, 5.41) is 2.63. The summed E-state index contributed by atoms with van der Waals surface area (Å²) in [6.07, 6.45) is -1.27. The quantitative estimate of drug-likeness (QED) is 0.569. The first-order valence-corrected chi connectivity index (χ1v) is 9.01. The van der Waals surface area contributed by atoms with Crippen molar-refractivity contribution in [2.24, 2.45) is 0 Å². The minimum atomic E-state index is -1.06. The summed E-state index contributed by atoms with van der Waals surface area (Å²) in [6.45, 7) is 1.32. The zero-order valence-electron chi connectivity index (χ0n) is 16.0. The minimum Gasteiger partial charge on any atom is -0.495 e. The molecule has 0 bridgehead atoms. The van der Waals surface area contributed by atoms with Gasteiger partial charge < -0.3 is 14.8 Å². The average Bonchev–Trinajstić information content (AvgIpc) is 2.97. The molecule has 2 aromatic rings. The summed E-state index contributed by atoms with van der Waals surface area (Å²) in [4.78, 5) is 50.0. The predicted molar refractivity (Wildman–Crippen MR) is 104 cm³/mol. The molecule has 0 aromatic heterocycles. The van der Waals surface area contributed by atoms with Crippen molar-refractivity contribution in [2.45, 2.75) is 19.4 Å². The zero-order chi connectivity index (χ0) is 21.0. The van der Waals surface area contributed by atoms with Crippen LogP contribution in [0.3, 0.4) is 0 Å². The molecule has 0 aliphatic carbocycles. The number of nitrogens with zero attached hydrogens (tertiary/aromatic N) is 1. The van der Waals surface area contributed by atoms with Crippen LogP contribution < -0.4 is 10.1 Å². The van der Waals surface area contributed by atoms with Gasteiger partial charge >= 0.3 is 5.97 Å². The van der Waals surface area contributed by atoms with Gasteiger partial charge in [0.25, 0.3) is 17.7 Å². The molecular weight excluding hydrogens is 376 g/mol. The lowest BCUT2D eigenvalue weighted by atomic mass is 10.1. The maximum absolute atomic E-state index is 12.3. The van der Waals surface area contributed by atoms with Crippen LogP contribution in [0.15, 0.2) is 48.5 Å². The molecule has 1 atom stereocenters. The Hall–Kier alpha value is -3.68. The highest BCUT2D eigenvalue weighted by Gasteiger charge is 2.35. The number of hydrogen-bond acceptors (Lipinski definition) is 6. The lowest BCUT2D eigenvalue weighted by Crippen LogP contribution is -2.34. The molecule has 3 rings (SSSR count). The molecule has 1 N–H and O–H groups in total. The van der Waals surface area contributed by atoms with Gasteiger partial charge in [0, 0.05) is 6.54 Å². The SMILES string of the molecule is COc1ccccc1NC(=O)[C@H](C)OC(=O)CCN1C(=O)c2ccccc2C1=O. The van der Waals surface area contributed by atoms with Crippen molar-refractivity contribution in [1.29, 1.82) is 0 Å². The highest BCUT2D eigenvalue weighted by molar-refractivity contribution is 6.21. The summed E-state index contributed by atoms with van der Waals surface area (Å²) >= 11 is 0. The molecule has 1 aliphatic heterocycles. The molecule has 1 aliphatic rings. The number of nitrogens with one attached hydrogen (secondary N) is 1. The predicted octanol–water partition coefficient (Wildman–Crippen LogP) is 2.25. The Balaban J connectivity index is 1.52. The van der Waals surface area contributed by atoms with Crippen LogP contribution in [0, 0.1) is 0 Å².